The third-order valence-electron chi connectivity index (χ3n) is 6.53. The average molecular weight is 434 g/mol. The molecule has 0 radical (unpaired) electrons. The molecule has 5 nitrogen and oxygen atoms in total. The van der Waals surface area contributed by atoms with Gasteiger partial charge in [0.05, 0.1) is 11.3 Å². The molecule has 166 valence electrons. The van der Waals surface area contributed by atoms with Gasteiger partial charge in [0, 0.05) is 43.9 Å². The van der Waals surface area contributed by atoms with Gasteiger partial charge in [-0.1, -0.05) is 24.3 Å². The molecule has 5 rings (SSSR count). The van der Waals surface area contributed by atoms with Crippen molar-refractivity contribution in [1.29, 1.82) is 0 Å². The average Bonchev–Trinajstić information content (AvgIpc) is 3.24. The molecule has 0 spiro atoms. The van der Waals surface area contributed by atoms with E-state index >= 15 is 0 Å². The van der Waals surface area contributed by atoms with Gasteiger partial charge in [0.25, 0.3) is 5.91 Å². The number of anilines is 1. The van der Waals surface area contributed by atoms with Gasteiger partial charge in [-0.2, -0.15) is 0 Å². The normalized spacial score (nSPS) is 23.0. The van der Waals surface area contributed by atoms with Crippen LogP contribution in [0, 0.1) is 5.82 Å². The number of likely N-dealkylation sites (N-methyl/N-ethyl adjacent to an activating group) is 1. The minimum atomic E-state index is -0.579. The van der Waals surface area contributed by atoms with Crippen LogP contribution in [0.4, 0.5) is 10.1 Å². The van der Waals surface area contributed by atoms with Crippen LogP contribution in [-0.4, -0.2) is 54.5 Å². The molecule has 3 aliphatic heterocycles. The second-order valence-corrected chi connectivity index (χ2v) is 9.33. The molecule has 1 N–H and O–H groups in total. The quantitative estimate of drug-likeness (QED) is 0.740. The first-order chi connectivity index (χ1) is 15.3. The Kier molecular flexibility index (Phi) is 5.14. The molecule has 32 heavy (non-hydrogen) atoms. The van der Waals surface area contributed by atoms with Gasteiger partial charge in [-0.05, 0) is 56.3 Å². The molecule has 3 heterocycles. The molecule has 2 aromatic rings. The maximum atomic E-state index is 13.6. The predicted molar refractivity (Wildman–Crippen MR) is 124 cm³/mol. The van der Waals surface area contributed by atoms with Crippen molar-refractivity contribution in [3.8, 4) is 0 Å². The number of halogens is 1. The number of carbonyl (C=O) groups excluding carboxylic acids is 1. The Bertz CT molecular complexity index is 1130. The number of hydrogen-bond acceptors (Lipinski definition) is 4. The Morgan fingerprint density at radius 1 is 1.06 bits per heavy atom. The highest BCUT2D eigenvalue weighted by Gasteiger charge is 2.38. The molecular weight excluding hydrogens is 405 g/mol. The largest absolute Gasteiger partial charge is 0.482 e. The number of hydrogen-bond donors (Lipinski definition) is 1. The van der Waals surface area contributed by atoms with Gasteiger partial charge < -0.3 is 15.0 Å². The fourth-order valence-electron chi connectivity index (χ4n) is 4.66. The van der Waals surface area contributed by atoms with Gasteiger partial charge in [-0.3, -0.25) is 9.69 Å². The number of carbonyl (C=O) groups is 1. The fourth-order valence-corrected chi connectivity index (χ4v) is 4.66. The topological polar surface area (TPSA) is 44.8 Å². The smallest absolute Gasteiger partial charge is 0.260 e. The lowest BCUT2D eigenvalue weighted by atomic mass is 9.91. The summed E-state index contributed by atoms with van der Waals surface area (Å²) in [7, 11) is 2.17. The number of rotatable bonds is 3. The van der Waals surface area contributed by atoms with Gasteiger partial charge in [0.15, 0.2) is 0 Å². The van der Waals surface area contributed by atoms with E-state index in [1.807, 2.05) is 19.9 Å². The monoisotopic (exact) mass is 433 g/mol. The number of fused-ring (bicyclic) bond motifs is 1. The number of nitrogens with one attached hydrogen (secondary N) is 1. The summed E-state index contributed by atoms with van der Waals surface area (Å²) in [6, 6.07) is 12.9. The van der Waals surface area contributed by atoms with Gasteiger partial charge in [0.1, 0.15) is 17.2 Å². The van der Waals surface area contributed by atoms with E-state index in [1.165, 1.54) is 17.7 Å². The second kappa shape index (κ2) is 7.87. The number of piperazine rings is 1. The number of nitrogens with zero attached hydrogens (tertiary/aromatic N) is 2. The lowest BCUT2D eigenvalue weighted by Crippen LogP contribution is -2.43. The molecule has 2 aromatic carbocycles. The molecule has 6 heteroatoms. The van der Waals surface area contributed by atoms with E-state index in [-0.39, 0.29) is 11.7 Å². The van der Waals surface area contributed by atoms with E-state index in [4.69, 9.17) is 4.74 Å². The zero-order valence-electron chi connectivity index (χ0n) is 18.7. The van der Waals surface area contributed by atoms with Crippen LogP contribution in [0.3, 0.4) is 0 Å². The third-order valence-corrected chi connectivity index (χ3v) is 6.53. The molecule has 0 unspecified atom stereocenters. The van der Waals surface area contributed by atoms with E-state index in [9.17, 15) is 9.18 Å². The second-order valence-electron chi connectivity index (χ2n) is 9.33. The maximum Gasteiger partial charge on any atom is 0.260 e. The molecule has 0 atom stereocenters. The summed E-state index contributed by atoms with van der Waals surface area (Å²) in [6.45, 7) is 9.36. The van der Waals surface area contributed by atoms with Crippen LogP contribution in [0.25, 0.3) is 11.1 Å². The molecule has 0 aromatic heterocycles. The SMILES string of the molecule is CN1CCN(Cc2ccc(C3=C/C(=C4\C(=O)Nc5cc(F)ccc54)OC3(C)C)cc2)CC1. The summed E-state index contributed by atoms with van der Waals surface area (Å²) in [5, 5.41) is 2.74. The summed E-state index contributed by atoms with van der Waals surface area (Å²) >= 11 is 0. The van der Waals surface area contributed by atoms with Crippen molar-refractivity contribution in [2.24, 2.45) is 0 Å². The standard InChI is InChI=1S/C26H28FN3O2/c1-26(2)21(18-6-4-17(5-7-18)16-30-12-10-29(3)11-13-30)15-23(32-26)24-20-9-8-19(27)14-22(20)28-25(24)31/h4-9,14-15H,10-13,16H2,1-3H3,(H,28,31)/b24-23+. The van der Waals surface area contributed by atoms with E-state index in [1.54, 1.807) is 6.07 Å². The number of amides is 1. The Morgan fingerprint density at radius 3 is 2.50 bits per heavy atom. The van der Waals surface area contributed by atoms with Crippen LogP contribution in [0.5, 0.6) is 0 Å². The zero-order chi connectivity index (χ0) is 22.5. The summed E-state index contributed by atoms with van der Waals surface area (Å²) in [4.78, 5) is 17.5. The summed E-state index contributed by atoms with van der Waals surface area (Å²) in [6.07, 6.45) is 1.95. The Morgan fingerprint density at radius 2 is 1.78 bits per heavy atom. The van der Waals surface area contributed by atoms with Crippen molar-refractivity contribution in [2.75, 3.05) is 38.5 Å². The van der Waals surface area contributed by atoms with Crippen LogP contribution >= 0.6 is 0 Å². The molecule has 3 aliphatic rings. The molecule has 1 amide bonds. The Labute approximate surface area is 188 Å². The molecule has 1 saturated heterocycles. The zero-order valence-corrected chi connectivity index (χ0v) is 18.7. The van der Waals surface area contributed by atoms with Crippen LogP contribution in [-0.2, 0) is 16.1 Å². The van der Waals surface area contributed by atoms with Crippen molar-refractivity contribution in [3.63, 3.8) is 0 Å². The number of allylic oxidation sites excluding steroid dienone is 1. The first-order valence-electron chi connectivity index (χ1n) is 11.1. The number of ether oxygens (including phenoxy) is 1. The summed E-state index contributed by atoms with van der Waals surface area (Å²) in [5.74, 6) is -0.123. The van der Waals surface area contributed by atoms with Crippen molar-refractivity contribution in [2.45, 2.75) is 26.0 Å². The van der Waals surface area contributed by atoms with Gasteiger partial charge in [-0.15, -0.1) is 0 Å². The van der Waals surface area contributed by atoms with Crippen LogP contribution in [0.2, 0.25) is 0 Å². The van der Waals surface area contributed by atoms with Crippen molar-refractivity contribution < 1.29 is 13.9 Å². The first-order valence-corrected chi connectivity index (χ1v) is 11.1. The van der Waals surface area contributed by atoms with E-state index in [0.29, 0.717) is 22.6 Å². The third kappa shape index (κ3) is 3.85. The van der Waals surface area contributed by atoms with Crippen LogP contribution < -0.4 is 5.32 Å². The molecule has 0 saturated carbocycles. The Balaban J connectivity index is 1.42. The molecule has 0 bridgehead atoms. The van der Waals surface area contributed by atoms with Crippen molar-refractivity contribution in [3.05, 3.63) is 76.8 Å². The maximum absolute atomic E-state index is 13.6. The predicted octanol–water partition coefficient (Wildman–Crippen LogP) is 4.13. The van der Waals surface area contributed by atoms with Gasteiger partial charge >= 0.3 is 0 Å². The van der Waals surface area contributed by atoms with E-state index < -0.39 is 5.60 Å². The number of benzene rings is 2. The molecule has 0 aliphatic carbocycles. The fraction of sp³-hybridized carbons (Fsp3) is 0.346. The van der Waals surface area contributed by atoms with E-state index in [0.717, 1.165) is 43.9 Å². The lowest BCUT2D eigenvalue weighted by molar-refractivity contribution is -0.111. The lowest BCUT2D eigenvalue weighted by Gasteiger charge is -2.32. The first kappa shape index (κ1) is 20.9. The van der Waals surface area contributed by atoms with E-state index in [2.05, 4.69) is 46.4 Å². The minimum Gasteiger partial charge on any atom is -0.482 e. The summed E-state index contributed by atoms with van der Waals surface area (Å²) < 4.78 is 19.8. The highest BCUT2D eigenvalue weighted by atomic mass is 19.1. The highest BCUT2D eigenvalue weighted by molar-refractivity contribution is 6.32. The Hall–Kier alpha value is -2.96. The highest BCUT2D eigenvalue weighted by Crippen LogP contribution is 2.44. The van der Waals surface area contributed by atoms with Gasteiger partial charge in [0.2, 0.25) is 0 Å². The van der Waals surface area contributed by atoms with Gasteiger partial charge in [-0.25, -0.2) is 4.39 Å². The minimum absolute atomic E-state index is 0.267. The summed E-state index contributed by atoms with van der Waals surface area (Å²) in [5.41, 5.74) is 4.41. The molecule has 1 fully saturated rings. The van der Waals surface area contributed by atoms with Crippen LogP contribution in [0.15, 0.2) is 54.3 Å². The molecular formula is C26H28FN3O2. The van der Waals surface area contributed by atoms with Crippen molar-refractivity contribution in [1.82, 2.24) is 9.80 Å². The van der Waals surface area contributed by atoms with Crippen LogP contribution in [0.1, 0.15) is 30.5 Å². The van der Waals surface area contributed by atoms with Crippen molar-refractivity contribution >= 4 is 22.7 Å².